The number of nitrogens with one attached hydrogen (secondary N) is 2. The van der Waals surface area contributed by atoms with Crippen LogP contribution in [0.4, 0.5) is 10.5 Å². The number of rotatable bonds is 5. The van der Waals surface area contributed by atoms with E-state index in [0.29, 0.717) is 6.54 Å². The van der Waals surface area contributed by atoms with E-state index in [2.05, 4.69) is 26.5 Å². The minimum Gasteiger partial charge on any atom is -0.368 e. The molecule has 0 radical (unpaired) electrons. The Morgan fingerprint density at radius 1 is 1.22 bits per heavy atom. The van der Waals surface area contributed by atoms with Gasteiger partial charge < -0.3 is 15.5 Å². The van der Waals surface area contributed by atoms with E-state index < -0.39 is 6.37 Å². The van der Waals surface area contributed by atoms with Gasteiger partial charge in [-0.3, -0.25) is 4.90 Å². The zero-order valence-electron chi connectivity index (χ0n) is 18.4. The lowest BCUT2D eigenvalue weighted by molar-refractivity contribution is 0.206. The van der Waals surface area contributed by atoms with E-state index in [0.717, 1.165) is 68.1 Å². The van der Waals surface area contributed by atoms with Crippen molar-refractivity contribution in [1.82, 2.24) is 15.5 Å². The van der Waals surface area contributed by atoms with Gasteiger partial charge in [0.2, 0.25) is 0 Å². The Labute approximate surface area is 171 Å². The standard InChI is InChI=1S/C21H33ClN4O/c1-16-4-3-5-19(20(16)22)26-14-12-25(13-15-26)11-10-17-6-8-18(9-7-17)24-21(27)23-2/h3-5,17-18H,6-15H2,1-2H3,(H2,23,24,27)/t17-,18-/i10D2. The Bertz CT molecular complexity index is 702. The van der Waals surface area contributed by atoms with Gasteiger partial charge in [-0.25, -0.2) is 4.79 Å². The van der Waals surface area contributed by atoms with Crippen LogP contribution in [0.5, 0.6) is 0 Å². The molecule has 150 valence electrons. The van der Waals surface area contributed by atoms with Gasteiger partial charge in [0, 0.05) is 42.0 Å². The first kappa shape index (κ1) is 17.6. The molecule has 27 heavy (non-hydrogen) atoms. The molecule has 5 nitrogen and oxygen atoms in total. The highest BCUT2D eigenvalue weighted by atomic mass is 35.5. The van der Waals surface area contributed by atoms with Crippen molar-refractivity contribution in [2.45, 2.75) is 45.0 Å². The number of amides is 2. The Kier molecular flexibility index (Phi) is 6.30. The van der Waals surface area contributed by atoms with Crippen LogP contribution in [0.2, 0.25) is 5.02 Å². The number of piperazine rings is 1. The summed E-state index contributed by atoms with van der Waals surface area (Å²) in [6.07, 6.45) is 2.12. The number of nitrogens with zero attached hydrogens (tertiary/aromatic N) is 2. The first-order valence-electron chi connectivity index (χ1n) is 11.0. The summed E-state index contributed by atoms with van der Waals surface area (Å²) >= 11 is 6.48. The van der Waals surface area contributed by atoms with E-state index >= 15 is 0 Å². The molecule has 3 rings (SSSR count). The lowest BCUT2D eigenvalue weighted by atomic mass is 9.84. The number of aryl methyl sites for hydroxylation is 1. The third-order valence-electron chi connectivity index (χ3n) is 5.78. The smallest absolute Gasteiger partial charge is 0.314 e. The average molecular weight is 395 g/mol. The van der Waals surface area contributed by atoms with Crippen LogP contribution < -0.4 is 15.5 Å². The largest absolute Gasteiger partial charge is 0.368 e. The molecule has 1 aromatic rings. The quantitative estimate of drug-likeness (QED) is 0.801. The number of hydrogen-bond acceptors (Lipinski definition) is 3. The molecule has 2 fully saturated rings. The summed E-state index contributed by atoms with van der Waals surface area (Å²) in [6.45, 7) is 5.91. The van der Waals surface area contributed by atoms with Crippen molar-refractivity contribution < 1.29 is 7.54 Å². The molecule has 0 bridgehead atoms. The van der Waals surface area contributed by atoms with Gasteiger partial charge in [-0.15, -0.1) is 0 Å². The number of carbonyl (C=O) groups excluding carboxylic acids is 1. The summed E-state index contributed by atoms with van der Waals surface area (Å²) in [5.41, 5.74) is 2.17. The summed E-state index contributed by atoms with van der Waals surface area (Å²) in [5, 5.41) is 6.36. The molecule has 1 saturated carbocycles. The Morgan fingerprint density at radius 3 is 2.59 bits per heavy atom. The fraction of sp³-hybridized carbons (Fsp3) is 0.667. The van der Waals surface area contributed by atoms with Gasteiger partial charge in [0.25, 0.3) is 0 Å². The second-order valence-corrected chi connectivity index (χ2v) is 8.03. The van der Waals surface area contributed by atoms with Crippen molar-refractivity contribution in [3.05, 3.63) is 28.8 Å². The topological polar surface area (TPSA) is 47.6 Å². The molecule has 2 amide bonds. The van der Waals surface area contributed by atoms with E-state index in [1.165, 1.54) is 0 Å². The Hall–Kier alpha value is -1.46. The van der Waals surface area contributed by atoms with Crippen LogP contribution in [0, 0.1) is 12.8 Å². The molecule has 6 heteroatoms. The molecular weight excluding hydrogens is 360 g/mol. The number of hydrogen-bond donors (Lipinski definition) is 2. The fourth-order valence-electron chi connectivity index (χ4n) is 3.98. The fourth-order valence-corrected chi connectivity index (χ4v) is 4.23. The van der Waals surface area contributed by atoms with Gasteiger partial charge in [-0.05, 0) is 63.1 Å². The second-order valence-electron chi connectivity index (χ2n) is 7.65. The van der Waals surface area contributed by atoms with E-state index in [1.807, 2.05) is 19.1 Å². The van der Waals surface area contributed by atoms with Crippen molar-refractivity contribution in [2.75, 3.05) is 44.7 Å². The first-order valence-corrected chi connectivity index (χ1v) is 10.4. The number of halogens is 1. The maximum Gasteiger partial charge on any atom is 0.314 e. The summed E-state index contributed by atoms with van der Waals surface area (Å²) < 4.78 is 17.3. The predicted molar refractivity (Wildman–Crippen MR) is 113 cm³/mol. The minimum absolute atomic E-state index is 0.0504. The summed E-state index contributed by atoms with van der Waals surface area (Å²) in [6, 6.07) is 6.13. The van der Waals surface area contributed by atoms with Crippen molar-refractivity contribution in [3.63, 3.8) is 0 Å². The molecule has 0 aromatic heterocycles. The van der Waals surface area contributed by atoms with Gasteiger partial charge in [-0.1, -0.05) is 23.7 Å². The van der Waals surface area contributed by atoms with Crippen molar-refractivity contribution in [1.29, 1.82) is 0 Å². The highest BCUT2D eigenvalue weighted by Gasteiger charge is 2.24. The van der Waals surface area contributed by atoms with Crippen molar-refractivity contribution in [3.8, 4) is 0 Å². The third kappa shape index (κ3) is 5.52. The number of anilines is 1. The van der Waals surface area contributed by atoms with Crippen LogP contribution in [-0.2, 0) is 0 Å². The minimum atomic E-state index is -1.21. The Morgan fingerprint density at radius 2 is 1.93 bits per heavy atom. The molecule has 1 aliphatic carbocycles. The van der Waals surface area contributed by atoms with E-state index in [-0.39, 0.29) is 18.0 Å². The van der Waals surface area contributed by atoms with Crippen LogP contribution in [0.1, 0.15) is 40.4 Å². The summed E-state index contributed by atoms with van der Waals surface area (Å²) in [4.78, 5) is 16.0. The molecule has 2 N–H and O–H groups in total. The van der Waals surface area contributed by atoms with Crippen LogP contribution in [0.3, 0.4) is 0 Å². The Balaban J connectivity index is 1.48. The maximum atomic E-state index is 11.5. The molecule has 1 saturated heterocycles. The van der Waals surface area contributed by atoms with Crippen molar-refractivity contribution in [2.24, 2.45) is 5.92 Å². The monoisotopic (exact) mass is 394 g/mol. The lowest BCUT2D eigenvalue weighted by Crippen LogP contribution is -2.47. The molecule has 0 spiro atoms. The number of carbonyl (C=O) groups is 1. The summed E-state index contributed by atoms with van der Waals surface area (Å²) in [5.74, 6) is 0.0504. The number of benzene rings is 1. The van der Waals surface area contributed by atoms with Gasteiger partial charge >= 0.3 is 6.03 Å². The summed E-state index contributed by atoms with van der Waals surface area (Å²) in [7, 11) is 1.62. The molecule has 0 atom stereocenters. The number of urea groups is 1. The van der Waals surface area contributed by atoms with Crippen LogP contribution >= 0.6 is 11.6 Å². The highest BCUT2D eigenvalue weighted by Crippen LogP contribution is 2.30. The third-order valence-corrected chi connectivity index (χ3v) is 6.27. The zero-order valence-corrected chi connectivity index (χ0v) is 17.2. The van der Waals surface area contributed by atoms with Crippen LogP contribution in [-0.4, -0.2) is 56.7 Å². The second kappa shape index (κ2) is 9.65. The van der Waals surface area contributed by atoms with E-state index in [9.17, 15) is 4.79 Å². The van der Waals surface area contributed by atoms with Crippen molar-refractivity contribution >= 4 is 23.3 Å². The average Bonchev–Trinajstić information content (AvgIpc) is 2.71. The van der Waals surface area contributed by atoms with Gasteiger partial charge in [0.1, 0.15) is 0 Å². The molecule has 1 aromatic carbocycles. The first-order chi connectivity index (χ1) is 13.8. The normalized spacial score (nSPS) is 25.5. The molecule has 1 heterocycles. The zero-order chi connectivity index (χ0) is 21.0. The SMILES string of the molecule is [2H]C([2H])(CN1CCN(c2cccc(C)c2Cl)CC1)[C@H]1CC[C@H](NC(=O)NC)CC1. The maximum absolute atomic E-state index is 11.5. The molecule has 1 aliphatic heterocycles. The van der Waals surface area contributed by atoms with Gasteiger partial charge in [-0.2, -0.15) is 0 Å². The van der Waals surface area contributed by atoms with E-state index in [4.69, 9.17) is 14.3 Å². The van der Waals surface area contributed by atoms with Gasteiger partial charge in [0.15, 0.2) is 0 Å². The van der Waals surface area contributed by atoms with E-state index in [1.54, 1.807) is 7.05 Å². The van der Waals surface area contributed by atoms with Crippen LogP contribution in [0.15, 0.2) is 18.2 Å². The molecular formula is C21H33ClN4O. The van der Waals surface area contributed by atoms with Gasteiger partial charge in [0.05, 0.1) is 10.7 Å². The lowest BCUT2D eigenvalue weighted by Gasteiger charge is -2.37. The predicted octanol–water partition coefficient (Wildman–Crippen LogP) is 3.65. The highest BCUT2D eigenvalue weighted by molar-refractivity contribution is 6.34. The molecule has 0 unspecified atom stereocenters. The van der Waals surface area contributed by atoms with Crippen LogP contribution in [0.25, 0.3) is 0 Å². The molecule has 2 aliphatic rings.